The molecule has 2 atom stereocenters. The molecular weight excluding hydrogens is 247 g/mol. The lowest BCUT2D eigenvalue weighted by Gasteiger charge is -2.38. The summed E-state index contributed by atoms with van der Waals surface area (Å²) in [7, 11) is 0. The molecule has 1 aliphatic rings. The van der Waals surface area contributed by atoms with Crippen LogP contribution in [0, 0.1) is 5.82 Å². The lowest BCUT2D eigenvalue weighted by molar-refractivity contribution is -0.121. The second-order valence-corrected chi connectivity index (χ2v) is 5.04. The number of aliphatic hydroxyl groups excluding tert-OH is 1. The number of carbonyl (C=O) groups is 1. The Morgan fingerprint density at radius 3 is 2.74 bits per heavy atom. The minimum absolute atomic E-state index is 0.133. The topological polar surface area (TPSA) is 66.6 Å². The van der Waals surface area contributed by atoms with Gasteiger partial charge in [-0.1, -0.05) is 12.1 Å². The summed E-state index contributed by atoms with van der Waals surface area (Å²) in [4.78, 5) is 13.0. The number of halogens is 1. The number of primary amides is 1. The summed E-state index contributed by atoms with van der Waals surface area (Å²) in [5.74, 6) is -0.667. The van der Waals surface area contributed by atoms with E-state index in [1.165, 1.54) is 12.1 Å². The zero-order chi connectivity index (χ0) is 13.8. The SMILES string of the molecule is NC(=O)CN1CCC[C@H](O)[C@@H]1Cc1ccc(F)cc1. The van der Waals surface area contributed by atoms with E-state index in [1.807, 2.05) is 4.90 Å². The Morgan fingerprint density at radius 2 is 2.11 bits per heavy atom. The van der Waals surface area contributed by atoms with Gasteiger partial charge in [0, 0.05) is 6.04 Å². The van der Waals surface area contributed by atoms with Crippen molar-refractivity contribution in [2.75, 3.05) is 13.1 Å². The number of benzene rings is 1. The van der Waals surface area contributed by atoms with Gasteiger partial charge in [0.25, 0.3) is 0 Å². The van der Waals surface area contributed by atoms with Crippen molar-refractivity contribution in [1.82, 2.24) is 4.90 Å². The van der Waals surface area contributed by atoms with Crippen LogP contribution >= 0.6 is 0 Å². The van der Waals surface area contributed by atoms with E-state index in [0.717, 1.165) is 24.9 Å². The first-order chi connectivity index (χ1) is 9.06. The highest BCUT2D eigenvalue weighted by atomic mass is 19.1. The van der Waals surface area contributed by atoms with Crippen molar-refractivity contribution in [1.29, 1.82) is 0 Å². The number of nitrogens with two attached hydrogens (primary N) is 1. The number of piperidine rings is 1. The molecule has 0 aromatic heterocycles. The van der Waals surface area contributed by atoms with E-state index in [-0.39, 0.29) is 18.4 Å². The van der Waals surface area contributed by atoms with E-state index in [9.17, 15) is 14.3 Å². The Kier molecular flexibility index (Phi) is 4.50. The molecule has 1 saturated heterocycles. The smallest absolute Gasteiger partial charge is 0.231 e. The van der Waals surface area contributed by atoms with Gasteiger partial charge in [-0.2, -0.15) is 0 Å². The fraction of sp³-hybridized carbons (Fsp3) is 0.500. The summed E-state index contributed by atoms with van der Waals surface area (Å²) in [6, 6.07) is 6.09. The Bertz CT molecular complexity index is 436. The Balaban J connectivity index is 2.08. The number of carbonyl (C=O) groups excluding carboxylic acids is 1. The van der Waals surface area contributed by atoms with E-state index in [4.69, 9.17) is 5.73 Å². The van der Waals surface area contributed by atoms with Crippen LogP contribution in [-0.4, -0.2) is 41.1 Å². The highest BCUT2D eigenvalue weighted by Crippen LogP contribution is 2.21. The Morgan fingerprint density at radius 1 is 1.42 bits per heavy atom. The maximum atomic E-state index is 12.9. The molecule has 2 rings (SSSR count). The van der Waals surface area contributed by atoms with Crippen molar-refractivity contribution in [2.45, 2.75) is 31.4 Å². The minimum Gasteiger partial charge on any atom is -0.391 e. The lowest BCUT2D eigenvalue weighted by Crippen LogP contribution is -2.52. The van der Waals surface area contributed by atoms with Gasteiger partial charge < -0.3 is 10.8 Å². The molecule has 0 bridgehead atoms. The average molecular weight is 266 g/mol. The summed E-state index contributed by atoms with van der Waals surface area (Å²) >= 11 is 0. The van der Waals surface area contributed by atoms with Crippen molar-refractivity contribution in [3.8, 4) is 0 Å². The zero-order valence-corrected chi connectivity index (χ0v) is 10.8. The lowest BCUT2D eigenvalue weighted by atomic mass is 9.93. The highest BCUT2D eigenvalue weighted by molar-refractivity contribution is 5.76. The van der Waals surface area contributed by atoms with Gasteiger partial charge in [-0.15, -0.1) is 0 Å². The summed E-state index contributed by atoms with van der Waals surface area (Å²) in [5.41, 5.74) is 6.18. The van der Waals surface area contributed by atoms with E-state index in [1.54, 1.807) is 12.1 Å². The molecule has 0 radical (unpaired) electrons. The van der Waals surface area contributed by atoms with Crippen molar-refractivity contribution in [2.24, 2.45) is 5.73 Å². The van der Waals surface area contributed by atoms with Crippen LogP contribution in [0.5, 0.6) is 0 Å². The van der Waals surface area contributed by atoms with Crippen molar-refractivity contribution in [3.05, 3.63) is 35.6 Å². The average Bonchev–Trinajstić information content (AvgIpc) is 2.35. The summed E-state index contributed by atoms with van der Waals surface area (Å²) < 4.78 is 12.9. The first-order valence-corrected chi connectivity index (χ1v) is 6.51. The van der Waals surface area contributed by atoms with Gasteiger partial charge in [-0.05, 0) is 43.5 Å². The molecule has 3 N–H and O–H groups in total. The third-order valence-electron chi connectivity index (χ3n) is 3.58. The van der Waals surface area contributed by atoms with Crippen LogP contribution in [0.25, 0.3) is 0 Å². The van der Waals surface area contributed by atoms with Gasteiger partial charge in [0.15, 0.2) is 0 Å². The number of hydrogen-bond acceptors (Lipinski definition) is 3. The summed E-state index contributed by atoms with van der Waals surface area (Å²) in [6.45, 7) is 0.911. The first kappa shape index (κ1) is 14.0. The maximum absolute atomic E-state index is 12.9. The molecule has 1 aromatic rings. The molecule has 1 aliphatic heterocycles. The largest absolute Gasteiger partial charge is 0.391 e. The van der Waals surface area contributed by atoms with Crippen molar-refractivity contribution >= 4 is 5.91 Å². The Labute approximate surface area is 112 Å². The fourth-order valence-electron chi connectivity index (χ4n) is 2.63. The minimum atomic E-state index is -0.474. The molecule has 0 unspecified atom stereocenters. The number of amides is 1. The molecule has 0 spiro atoms. The third-order valence-corrected chi connectivity index (χ3v) is 3.58. The molecule has 19 heavy (non-hydrogen) atoms. The summed E-state index contributed by atoms with van der Waals surface area (Å²) in [6.07, 6.45) is 1.70. The standard InChI is InChI=1S/C14H19FN2O2/c15-11-5-3-10(4-6-11)8-12-13(18)2-1-7-17(12)9-14(16)19/h3-6,12-13,18H,1-2,7-9H2,(H2,16,19)/t12-,13-/m0/s1. The molecule has 0 aliphatic carbocycles. The van der Waals surface area contributed by atoms with Gasteiger partial charge >= 0.3 is 0 Å². The van der Waals surface area contributed by atoms with Crippen LogP contribution in [0.4, 0.5) is 4.39 Å². The quantitative estimate of drug-likeness (QED) is 0.842. The Hall–Kier alpha value is -1.46. The zero-order valence-electron chi connectivity index (χ0n) is 10.8. The highest BCUT2D eigenvalue weighted by Gasteiger charge is 2.30. The maximum Gasteiger partial charge on any atom is 0.231 e. The second-order valence-electron chi connectivity index (χ2n) is 5.04. The van der Waals surface area contributed by atoms with Crippen LogP contribution < -0.4 is 5.73 Å². The molecule has 1 aromatic carbocycles. The molecule has 1 amide bonds. The fourth-order valence-corrected chi connectivity index (χ4v) is 2.63. The molecule has 1 heterocycles. The van der Waals surface area contributed by atoms with E-state index in [2.05, 4.69) is 0 Å². The van der Waals surface area contributed by atoms with Gasteiger partial charge in [-0.3, -0.25) is 9.69 Å². The number of likely N-dealkylation sites (tertiary alicyclic amines) is 1. The molecule has 4 nitrogen and oxygen atoms in total. The van der Waals surface area contributed by atoms with Crippen LogP contribution in [0.2, 0.25) is 0 Å². The van der Waals surface area contributed by atoms with Gasteiger partial charge in [0.05, 0.1) is 12.6 Å². The second kappa shape index (κ2) is 6.12. The molecule has 1 fully saturated rings. The van der Waals surface area contributed by atoms with Crippen LogP contribution in [0.3, 0.4) is 0 Å². The molecular formula is C14H19FN2O2. The molecule has 5 heteroatoms. The molecule has 0 saturated carbocycles. The third kappa shape index (κ3) is 3.75. The van der Waals surface area contributed by atoms with Gasteiger partial charge in [-0.25, -0.2) is 4.39 Å². The van der Waals surface area contributed by atoms with Gasteiger partial charge in [0.2, 0.25) is 5.91 Å². The normalized spacial score (nSPS) is 24.3. The number of nitrogens with zero attached hydrogens (tertiary/aromatic N) is 1. The van der Waals surface area contributed by atoms with Gasteiger partial charge in [0.1, 0.15) is 5.82 Å². The molecule has 104 valence electrons. The van der Waals surface area contributed by atoms with Crippen LogP contribution in [-0.2, 0) is 11.2 Å². The van der Waals surface area contributed by atoms with E-state index >= 15 is 0 Å². The van der Waals surface area contributed by atoms with Crippen molar-refractivity contribution in [3.63, 3.8) is 0 Å². The number of rotatable bonds is 4. The number of hydrogen-bond donors (Lipinski definition) is 2. The van der Waals surface area contributed by atoms with E-state index < -0.39 is 12.0 Å². The predicted octanol–water partition coefficient (Wildman–Crippen LogP) is 0.679. The monoisotopic (exact) mass is 266 g/mol. The predicted molar refractivity (Wildman–Crippen MR) is 69.9 cm³/mol. The summed E-state index contributed by atoms with van der Waals surface area (Å²) in [5, 5.41) is 10.1. The van der Waals surface area contributed by atoms with E-state index in [0.29, 0.717) is 6.42 Å². The van der Waals surface area contributed by atoms with Crippen LogP contribution in [0.1, 0.15) is 18.4 Å². The number of aliphatic hydroxyl groups is 1. The van der Waals surface area contributed by atoms with Crippen molar-refractivity contribution < 1.29 is 14.3 Å². The first-order valence-electron chi connectivity index (χ1n) is 6.51. The van der Waals surface area contributed by atoms with Crippen LogP contribution in [0.15, 0.2) is 24.3 Å².